The molecule has 8 heteroatoms. The number of primary amides is 1. The summed E-state index contributed by atoms with van der Waals surface area (Å²) in [6.45, 7) is 9.32. The van der Waals surface area contributed by atoms with Crippen LogP contribution in [0.2, 0.25) is 0 Å². The van der Waals surface area contributed by atoms with E-state index in [9.17, 15) is 4.79 Å². The Morgan fingerprint density at radius 3 is 2.81 bits per heavy atom. The van der Waals surface area contributed by atoms with Crippen LogP contribution in [0.1, 0.15) is 56.6 Å². The molecule has 1 aromatic rings. The molecule has 2 rings (SSSR count). The summed E-state index contributed by atoms with van der Waals surface area (Å²) in [5.41, 5.74) is 7.81. The molecule has 7 nitrogen and oxygen atoms in total. The summed E-state index contributed by atoms with van der Waals surface area (Å²) in [6, 6.07) is 6.34. The van der Waals surface area contributed by atoms with Crippen molar-refractivity contribution in [2.45, 2.75) is 58.9 Å². The van der Waals surface area contributed by atoms with Gasteiger partial charge in [-0.15, -0.1) is 24.0 Å². The average Bonchev–Trinajstić information content (AvgIpc) is 2.77. The highest BCUT2D eigenvalue weighted by Crippen LogP contribution is 2.21. The van der Waals surface area contributed by atoms with Gasteiger partial charge in [-0.2, -0.15) is 0 Å². The van der Waals surface area contributed by atoms with Gasteiger partial charge in [0.15, 0.2) is 5.96 Å². The third-order valence-corrected chi connectivity index (χ3v) is 5.75. The van der Waals surface area contributed by atoms with Crippen LogP contribution in [0, 0.1) is 12.8 Å². The minimum Gasteiger partial charge on any atom is -0.493 e. The van der Waals surface area contributed by atoms with Gasteiger partial charge >= 0.3 is 0 Å². The number of guanidine groups is 1. The Labute approximate surface area is 211 Å². The largest absolute Gasteiger partial charge is 0.493 e. The standard InChI is InChI=1S/C24H41N5O2.HI/c1-4-5-6-15-31-22-16-19(2)10-11-20(22)17-28-24(26-3)27-12-8-14-29-13-7-9-21(18-29)23(25)30;/h10-11,16,21H,4-9,12-15,17-18H2,1-3H3,(H2,25,30)(H2,26,27,28);1H. The van der Waals surface area contributed by atoms with Crippen LogP contribution < -0.4 is 21.1 Å². The van der Waals surface area contributed by atoms with Gasteiger partial charge in [-0.25, -0.2) is 0 Å². The van der Waals surface area contributed by atoms with Gasteiger partial charge in [0.2, 0.25) is 5.91 Å². The second-order valence-corrected chi connectivity index (χ2v) is 8.41. The number of nitrogens with zero attached hydrogens (tertiary/aromatic N) is 2. The molecule has 1 atom stereocenters. The number of halogens is 1. The molecular formula is C24H42IN5O2. The molecule has 1 saturated heterocycles. The molecule has 4 N–H and O–H groups in total. The molecule has 0 saturated carbocycles. The van der Waals surface area contributed by atoms with E-state index in [1.165, 1.54) is 18.4 Å². The number of hydrogen-bond acceptors (Lipinski definition) is 4. The predicted molar refractivity (Wildman–Crippen MR) is 143 cm³/mol. The van der Waals surface area contributed by atoms with Gasteiger partial charge in [-0.1, -0.05) is 31.9 Å². The van der Waals surface area contributed by atoms with E-state index in [4.69, 9.17) is 10.5 Å². The van der Waals surface area contributed by atoms with Crippen molar-refractivity contribution in [3.63, 3.8) is 0 Å². The molecule has 1 aliphatic heterocycles. The quantitative estimate of drug-likeness (QED) is 0.158. The fourth-order valence-corrected chi connectivity index (χ4v) is 3.88. The zero-order valence-electron chi connectivity index (χ0n) is 20.0. The van der Waals surface area contributed by atoms with Crippen LogP contribution in [-0.4, -0.2) is 56.6 Å². The second kappa shape index (κ2) is 16.1. The number of nitrogens with two attached hydrogens (primary N) is 1. The van der Waals surface area contributed by atoms with Crippen LogP contribution in [-0.2, 0) is 11.3 Å². The second-order valence-electron chi connectivity index (χ2n) is 8.41. The van der Waals surface area contributed by atoms with Crippen LogP contribution in [0.25, 0.3) is 0 Å². The number of hydrogen-bond donors (Lipinski definition) is 3. The van der Waals surface area contributed by atoms with Crippen LogP contribution >= 0.6 is 24.0 Å². The molecule has 0 bridgehead atoms. The van der Waals surface area contributed by atoms with Crippen molar-refractivity contribution in [2.24, 2.45) is 16.6 Å². The molecule has 1 unspecified atom stereocenters. The number of unbranched alkanes of at least 4 members (excludes halogenated alkanes) is 2. The summed E-state index contributed by atoms with van der Waals surface area (Å²) in [6.07, 6.45) is 6.42. The summed E-state index contributed by atoms with van der Waals surface area (Å²) in [5.74, 6) is 1.57. The van der Waals surface area contributed by atoms with E-state index in [-0.39, 0.29) is 35.8 Å². The lowest BCUT2D eigenvalue weighted by atomic mass is 9.97. The topological polar surface area (TPSA) is 92.0 Å². The average molecular weight is 560 g/mol. The van der Waals surface area contributed by atoms with E-state index in [2.05, 4.69) is 52.6 Å². The van der Waals surface area contributed by atoms with Crippen molar-refractivity contribution in [2.75, 3.05) is 39.8 Å². The zero-order valence-corrected chi connectivity index (χ0v) is 22.3. The first-order valence-electron chi connectivity index (χ1n) is 11.7. The number of piperidine rings is 1. The smallest absolute Gasteiger partial charge is 0.221 e. The Hall–Kier alpha value is -1.55. The summed E-state index contributed by atoms with van der Waals surface area (Å²) in [5, 5.41) is 6.78. The van der Waals surface area contributed by atoms with Gasteiger partial charge in [0.25, 0.3) is 0 Å². The van der Waals surface area contributed by atoms with E-state index in [0.29, 0.717) is 6.54 Å². The molecule has 1 fully saturated rings. The van der Waals surface area contributed by atoms with Gasteiger partial charge in [0.1, 0.15) is 5.75 Å². The molecule has 0 radical (unpaired) electrons. The molecule has 1 amide bonds. The Morgan fingerprint density at radius 2 is 2.09 bits per heavy atom. The number of amides is 1. The van der Waals surface area contributed by atoms with Gasteiger partial charge < -0.3 is 26.0 Å². The molecule has 1 aromatic carbocycles. The number of carbonyl (C=O) groups excluding carboxylic acids is 1. The van der Waals surface area contributed by atoms with Crippen LogP contribution in [0.3, 0.4) is 0 Å². The number of ether oxygens (including phenoxy) is 1. The zero-order chi connectivity index (χ0) is 22.5. The summed E-state index contributed by atoms with van der Waals surface area (Å²) in [4.78, 5) is 18.1. The van der Waals surface area contributed by atoms with Crippen molar-refractivity contribution >= 4 is 35.8 Å². The monoisotopic (exact) mass is 559 g/mol. The normalized spacial score (nSPS) is 16.8. The molecule has 0 aliphatic carbocycles. The molecule has 32 heavy (non-hydrogen) atoms. The van der Waals surface area contributed by atoms with Gasteiger partial charge in [0.05, 0.1) is 12.5 Å². The molecule has 0 aromatic heterocycles. The number of benzene rings is 1. The number of carbonyl (C=O) groups is 1. The fourth-order valence-electron chi connectivity index (χ4n) is 3.88. The van der Waals surface area contributed by atoms with Crippen molar-refractivity contribution in [3.8, 4) is 5.75 Å². The van der Waals surface area contributed by atoms with Gasteiger partial charge in [0, 0.05) is 32.2 Å². The summed E-state index contributed by atoms with van der Waals surface area (Å²) < 4.78 is 6.04. The summed E-state index contributed by atoms with van der Waals surface area (Å²) >= 11 is 0. The lowest BCUT2D eigenvalue weighted by Gasteiger charge is -2.31. The minimum atomic E-state index is -0.169. The van der Waals surface area contributed by atoms with E-state index in [1.807, 2.05) is 0 Å². The predicted octanol–water partition coefficient (Wildman–Crippen LogP) is 3.43. The molecule has 1 heterocycles. The van der Waals surface area contributed by atoms with Crippen molar-refractivity contribution in [1.82, 2.24) is 15.5 Å². The fraction of sp³-hybridized carbons (Fsp3) is 0.667. The van der Waals surface area contributed by atoms with E-state index in [0.717, 1.165) is 75.7 Å². The molecule has 0 spiro atoms. The number of aliphatic imine (C=N–C) groups is 1. The number of likely N-dealkylation sites (tertiary alicyclic amines) is 1. The third-order valence-electron chi connectivity index (χ3n) is 5.75. The molecular weight excluding hydrogens is 517 g/mol. The maximum atomic E-state index is 11.4. The highest BCUT2D eigenvalue weighted by molar-refractivity contribution is 14.0. The van der Waals surface area contributed by atoms with Crippen LogP contribution in [0.4, 0.5) is 0 Å². The number of aryl methyl sites for hydroxylation is 1. The lowest BCUT2D eigenvalue weighted by molar-refractivity contribution is -0.123. The minimum absolute atomic E-state index is 0. The first-order valence-corrected chi connectivity index (χ1v) is 11.7. The Balaban J connectivity index is 0.00000512. The highest BCUT2D eigenvalue weighted by atomic mass is 127. The first-order chi connectivity index (χ1) is 15.0. The first kappa shape index (κ1) is 28.5. The summed E-state index contributed by atoms with van der Waals surface area (Å²) in [7, 11) is 1.79. The van der Waals surface area contributed by atoms with Crippen molar-refractivity contribution in [1.29, 1.82) is 0 Å². The Bertz CT molecular complexity index is 714. The number of rotatable bonds is 12. The van der Waals surface area contributed by atoms with Gasteiger partial charge in [-0.3, -0.25) is 9.79 Å². The van der Waals surface area contributed by atoms with Crippen molar-refractivity contribution < 1.29 is 9.53 Å². The van der Waals surface area contributed by atoms with Crippen LogP contribution in [0.15, 0.2) is 23.2 Å². The SMILES string of the molecule is CCCCCOc1cc(C)ccc1CNC(=NC)NCCCN1CCCC(C(N)=O)C1.I. The highest BCUT2D eigenvalue weighted by Gasteiger charge is 2.23. The Morgan fingerprint density at radius 1 is 1.28 bits per heavy atom. The van der Waals surface area contributed by atoms with Crippen molar-refractivity contribution in [3.05, 3.63) is 29.3 Å². The van der Waals surface area contributed by atoms with Crippen LogP contribution in [0.5, 0.6) is 5.75 Å². The molecule has 182 valence electrons. The Kier molecular flexibility index (Phi) is 14.4. The van der Waals surface area contributed by atoms with Gasteiger partial charge in [-0.05, 0) is 57.3 Å². The maximum Gasteiger partial charge on any atom is 0.221 e. The van der Waals surface area contributed by atoms with E-state index < -0.39 is 0 Å². The molecule has 1 aliphatic rings. The lowest BCUT2D eigenvalue weighted by Crippen LogP contribution is -2.42. The third kappa shape index (κ3) is 10.4. The maximum absolute atomic E-state index is 11.4. The van der Waals surface area contributed by atoms with E-state index in [1.54, 1.807) is 7.05 Å². The van der Waals surface area contributed by atoms with E-state index >= 15 is 0 Å². The number of nitrogens with one attached hydrogen (secondary N) is 2.